The molecule has 0 saturated heterocycles. The zero-order valence-corrected chi connectivity index (χ0v) is 8.33. The Balaban J connectivity index is 3.03. The summed E-state index contributed by atoms with van der Waals surface area (Å²) in [6.07, 6.45) is 8.99. The van der Waals surface area contributed by atoms with Gasteiger partial charge in [-0.3, -0.25) is 0 Å². The topological polar surface area (TPSA) is 49.7 Å². The van der Waals surface area contributed by atoms with Gasteiger partial charge in [0.25, 0.3) is 0 Å². The van der Waals surface area contributed by atoms with Gasteiger partial charge in [0.2, 0.25) is 0 Å². The van der Waals surface area contributed by atoms with E-state index in [2.05, 4.69) is 11.4 Å². The molecule has 0 heterocycles. The molecule has 0 aromatic carbocycles. The molecule has 4 heteroatoms. The van der Waals surface area contributed by atoms with E-state index in [-0.39, 0.29) is 0 Å². The molecule has 72 valence electrons. The lowest BCUT2D eigenvalue weighted by molar-refractivity contribution is 0.342. The number of hydrogen-bond acceptors (Lipinski definition) is 3. The highest BCUT2D eigenvalue weighted by Gasteiger charge is 1.92. The number of hydrogen-bond donors (Lipinski definition) is 2. The molecular formula is C8H17O3P. The summed E-state index contributed by atoms with van der Waals surface area (Å²) in [6, 6.07) is 0. The Morgan fingerprint density at radius 1 is 1.25 bits per heavy atom. The van der Waals surface area contributed by atoms with Gasteiger partial charge in [-0.25, -0.2) is 0 Å². The van der Waals surface area contributed by atoms with Crippen molar-refractivity contribution in [3.63, 3.8) is 0 Å². The predicted octanol–water partition coefficient (Wildman–Crippen LogP) is 2.70. The highest BCUT2D eigenvalue weighted by atomic mass is 31.2. The van der Waals surface area contributed by atoms with Gasteiger partial charge < -0.3 is 14.3 Å². The number of allylic oxidation sites excluding steroid dienone is 1. The lowest BCUT2D eigenvalue weighted by Crippen LogP contribution is -1.75. The van der Waals surface area contributed by atoms with Crippen molar-refractivity contribution in [1.82, 2.24) is 0 Å². The minimum absolute atomic E-state index is 0.948. The van der Waals surface area contributed by atoms with Crippen LogP contribution in [0.5, 0.6) is 0 Å². The Labute approximate surface area is 75.1 Å². The first kappa shape index (κ1) is 11.9. The molecule has 0 saturated carbocycles. The number of rotatable bonds is 7. The monoisotopic (exact) mass is 192 g/mol. The minimum Gasteiger partial charge on any atom is -0.435 e. The summed E-state index contributed by atoms with van der Waals surface area (Å²) in [5.41, 5.74) is 0. The maximum absolute atomic E-state index is 8.34. The summed E-state index contributed by atoms with van der Waals surface area (Å²) in [6.45, 7) is 2.17. The molecule has 0 aliphatic rings. The molecular weight excluding hydrogens is 175 g/mol. The molecule has 0 bridgehead atoms. The summed E-state index contributed by atoms with van der Waals surface area (Å²) < 4.78 is 4.44. The third-order valence-corrected chi connectivity index (χ3v) is 1.79. The Kier molecular flexibility index (Phi) is 8.90. The molecule has 2 N–H and O–H groups in total. The van der Waals surface area contributed by atoms with E-state index in [4.69, 9.17) is 9.79 Å². The molecule has 0 aliphatic heterocycles. The average Bonchev–Trinajstić information content (AvgIpc) is 2.02. The van der Waals surface area contributed by atoms with Crippen LogP contribution >= 0.6 is 8.60 Å². The highest BCUT2D eigenvalue weighted by Crippen LogP contribution is 2.24. The summed E-state index contributed by atoms with van der Waals surface area (Å²) >= 11 is 0. The molecule has 3 nitrogen and oxygen atoms in total. The van der Waals surface area contributed by atoms with E-state index < -0.39 is 8.60 Å². The minimum atomic E-state index is -2.21. The third-order valence-electron chi connectivity index (χ3n) is 1.48. The van der Waals surface area contributed by atoms with Gasteiger partial charge in [0.15, 0.2) is 0 Å². The molecule has 12 heavy (non-hydrogen) atoms. The van der Waals surface area contributed by atoms with Gasteiger partial charge >= 0.3 is 8.60 Å². The van der Waals surface area contributed by atoms with Crippen LogP contribution in [0, 0.1) is 0 Å². The second-order valence-corrected chi connectivity index (χ2v) is 3.30. The Morgan fingerprint density at radius 2 is 2.00 bits per heavy atom. The van der Waals surface area contributed by atoms with Crippen molar-refractivity contribution < 1.29 is 14.3 Å². The summed E-state index contributed by atoms with van der Waals surface area (Å²) in [5, 5.41) is 0. The largest absolute Gasteiger partial charge is 0.435 e. The van der Waals surface area contributed by atoms with E-state index in [1.54, 1.807) is 0 Å². The SMILES string of the molecule is CCCCCCC=COP(O)O. The molecule has 0 atom stereocenters. The fraction of sp³-hybridized carbons (Fsp3) is 0.750. The maximum Gasteiger partial charge on any atom is 0.390 e. The van der Waals surface area contributed by atoms with E-state index in [9.17, 15) is 0 Å². The van der Waals surface area contributed by atoms with Gasteiger partial charge in [0.05, 0.1) is 6.26 Å². The van der Waals surface area contributed by atoms with Crippen LogP contribution in [0.15, 0.2) is 12.3 Å². The first-order valence-electron chi connectivity index (χ1n) is 4.27. The van der Waals surface area contributed by atoms with Gasteiger partial charge in [-0.2, -0.15) is 0 Å². The van der Waals surface area contributed by atoms with Crippen LogP contribution in [0.25, 0.3) is 0 Å². The summed E-state index contributed by atoms with van der Waals surface area (Å²) in [7, 11) is -2.21. The molecule has 0 fully saturated rings. The van der Waals surface area contributed by atoms with Crippen LogP contribution in [0.2, 0.25) is 0 Å². The van der Waals surface area contributed by atoms with E-state index in [1.807, 2.05) is 6.08 Å². The fourth-order valence-electron chi connectivity index (χ4n) is 0.854. The van der Waals surface area contributed by atoms with Gasteiger partial charge in [0.1, 0.15) is 0 Å². The standard InChI is InChI=1S/C8H17O3P/c1-2-3-4-5-6-7-8-11-12(9)10/h7-10H,2-6H2,1H3. The molecule has 0 aromatic heterocycles. The zero-order chi connectivity index (χ0) is 9.23. The lowest BCUT2D eigenvalue weighted by Gasteiger charge is -1.97. The zero-order valence-electron chi connectivity index (χ0n) is 7.44. The molecule has 0 amide bonds. The van der Waals surface area contributed by atoms with Gasteiger partial charge in [-0.05, 0) is 18.9 Å². The van der Waals surface area contributed by atoms with Crippen LogP contribution < -0.4 is 0 Å². The molecule has 0 aliphatic carbocycles. The highest BCUT2D eigenvalue weighted by molar-refractivity contribution is 7.39. The normalized spacial score (nSPS) is 11.3. The molecule has 0 aromatic rings. The Hall–Kier alpha value is -0.110. The Bertz CT molecular complexity index is 115. The van der Waals surface area contributed by atoms with Gasteiger partial charge in [0, 0.05) is 0 Å². The van der Waals surface area contributed by atoms with E-state index in [0.29, 0.717) is 0 Å². The first-order valence-corrected chi connectivity index (χ1v) is 5.43. The second-order valence-electron chi connectivity index (χ2n) is 2.58. The van der Waals surface area contributed by atoms with Crippen molar-refractivity contribution in [1.29, 1.82) is 0 Å². The van der Waals surface area contributed by atoms with Crippen LogP contribution in [-0.2, 0) is 4.52 Å². The predicted molar refractivity (Wildman–Crippen MR) is 50.3 cm³/mol. The van der Waals surface area contributed by atoms with Crippen LogP contribution in [-0.4, -0.2) is 9.79 Å². The summed E-state index contributed by atoms with van der Waals surface area (Å²) in [4.78, 5) is 16.7. The number of unbranched alkanes of at least 4 members (excludes halogenated alkanes) is 4. The fourth-order valence-corrected chi connectivity index (χ4v) is 1.05. The Morgan fingerprint density at radius 3 is 2.58 bits per heavy atom. The quantitative estimate of drug-likeness (QED) is 0.370. The molecule has 0 radical (unpaired) electrons. The van der Waals surface area contributed by atoms with Crippen LogP contribution in [0.3, 0.4) is 0 Å². The van der Waals surface area contributed by atoms with Crippen molar-refractivity contribution in [2.24, 2.45) is 0 Å². The van der Waals surface area contributed by atoms with Gasteiger partial charge in [-0.1, -0.05) is 26.2 Å². The smallest absolute Gasteiger partial charge is 0.390 e. The maximum atomic E-state index is 8.34. The van der Waals surface area contributed by atoms with Crippen molar-refractivity contribution >= 4 is 8.60 Å². The van der Waals surface area contributed by atoms with E-state index in [0.717, 1.165) is 12.8 Å². The lowest BCUT2D eigenvalue weighted by atomic mass is 10.2. The molecule has 0 rings (SSSR count). The average molecular weight is 192 g/mol. The van der Waals surface area contributed by atoms with Crippen molar-refractivity contribution in [2.45, 2.75) is 39.0 Å². The molecule has 0 unspecified atom stereocenters. The summed E-state index contributed by atoms with van der Waals surface area (Å²) in [5.74, 6) is 0. The van der Waals surface area contributed by atoms with Crippen molar-refractivity contribution in [3.05, 3.63) is 12.3 Å². The van der Waals surface area contributed by atoms with Crippen molar-refractivity contribution in [3.8, 4) is 0 Å². The van der Waals surface area contributed by atoms with Gasteiger partial charge in [-0.15, -0.1) is 0 Å². The second kappa shape index (κ2) is 8.98. The van der Waals surface area contributed by atoms with E-state index in [1.165, 1.54) is 25.5 Å². The van der Waals surface area contributed by atoms with Crippen molar-refractivity contribution in [2.75, 3.05) is 0 Å². The first-order chi connectivity index (χ1) is 5.77. The third kappa shape index (κ3) is 9.89. The van der Waals surface area contributed by atoms with Crippen LogP contribution in [0.4, 0.5) is 0 Å². The van der Waals surface area contributed by atoms with Crippen LogP contribution in [0.1, 0.15) is 39.0 Å². The van der Waals surface area contributed by atoms with E-state index >= 15 is 0 Å². The molecule has 0 spiro atoms.